The Labute approximate surface area is 109 Å². The fraction of sp³-hybridized carbons (Fsp3) is 0.571. The third-order valence-corrected chi connectivity index (χ3v) is 3.56. The first-order valence-electron chi connectivity index (χ1n) is 6.58. The Morgan fingerprint density at radius 1 is 1.39 bits per heavy atom. The Morgan fingerprint density at radius 3 is 2.78 bits per heavy atom. The second-order valence-electron chi connectivity index (χ2n) is 5.00. The Morgan fingerprint density at radius 2 is 2.11 bits per heavy atom. The van der Waals surface area contributed by atoms with Gasteiger partial charge in [-0.15, -0.1) is 0 Å². The van der Waals surface area contributed by atoms with E-state index < -0.39 is 0 Å². The summed E-state index contributed by atoms with van der Waals surface area (Å²) in [5.74, 6) is -0.172. The molecule has 1 aliphatic rings. The lowest BCUT2D eigenvalue weighted by molar-refractivity contribution is 0.187. The molecule has 1 heterocycles. The van der Waals surface area contributed by atoms with Gasteiger partial charge in [-0.2, -0.15) is 0 Å². The molecule has 4 heteroatoms. The first kappa shape index (κ1) is 13.3. The lowest BCUT2D eigenvalue weighted by atomic mass is 10.2. The summed E-state index contributed by atoms with van der Waals surface area (Å²) in [6, 6.07) is 7.27. The predicted molar refractivity (Wildman–Crippen MR) is 73.6 cm³/mol. The minimum Gasteiger partial charge on any atom is -0.373 e. The molecule has 0 aromatic heterocycles. The molecule has 0 spiro atoms. The summed E-state index contributed by atoms with van der Waals surface area (Å²) < 4.78 is 13.2. The second-order valence-corrected chi connectivity index (χ2v) is 5.00. The number of hydrogen-bond donors (Lipinski definition) is 1. The fourth-order valence-corrected chi connectivity index (χ4v) is 2.45. The van der Waals surface area contributed by atoms with Gasteiger partial charge in [-0.3, -0.25) is 4.90 Å². The molecule has 0 radical (unpaired) electrons. The average molecular weight is 251 g/mol. The lowest BCUT2D eigenvalue weighted by Gasteiger charge is -2.35. The zero-order valence-corrected chi connectivity index (χ0v) is 11.2. The number of rotatable bonds is 4. The van der Waals surface area contributed by atoms with Crippen molar-refractivity contribution >= 4 is 5.69 Å². The van der Waals surface area contributed by atoms with Crippen molar-refractivity contribution in [1.82, 2.24) is 10.2 Å². The number of halogens is 1. The van der Waals surface area contributed by atoms with Gasteiger partial charge in [-0.05, 0) is 25.1 Å². The average Bonchev–Trinajstić information content (AvgIpc) is 2.39. The van der Waals surface area contributed by atoms with Crippen LogP contribution in [0.1, 0.15) is 6.92 Å². The second kappa shape index (κ2) is 6.16. The van der Waals surface area contributed by atoms with E-state index in [1.807, 2.05) is 13.1 Å². The molecule has 0 amide bonds. The van der Waals surface area contributed by atoms with Crippen LogP contribution in [-0.2, 0) is 0 Å². The van der Waals surface area contributed by atoms with Crippen molar-refractivity contribution in [3.05, 3.63) is 30.1 Å². The van der Waals surface area contributed by atoms with Crippen LogP contribution >= 0.6 is 0 Å². The normalized spacial score (nSPS) is 18.6. The molecule has 0 aliphatic carbocycles. The molecule has 18 heavy (non-hydrogen) atoms. The molecule has 1 fully saturated rings. The van der Waals surface area contributed by atoms with E-state index in [0.29, 0.717) is 6.04 Å². The first-order chi connectivity index (χ1) is 8.66. The van der Waals surface area contributed by atoms with Crippen LogP contribution in [0.4, 0.5) is 10.1 Å². The Balaban J connectivity index is 1.91. The van der Waals surface area contributed by atoms with E-state index in [-0.39, 0.29) is 5.82 Å². The zero-order valence-electron chi connectivity index (χ0n) is 11.2. The van der Waals surface area contributed by atoms with E-state index in [0.717, 1.165) is 38.4 Å². The molecule has 1 N–H and O–H groups in total. The molecular formula is C14H22FN3. The van der Waals surface area contributed by atoms with Gasteiger partial charge in [0, 0.05) is 51.5 Å². The van der Waals surface area contributed by atoms with Gasteiger partial charge < -0.3 is 10.2 Å². The predicted octanol–water partition coefficient (Wildman–Crippen LogP) is 1.56. The highest BCUT2D eigenvalue weighted by molar-refractivity contribution is 5.45. The molecule has 3 nitrogen and oxygen atoms in total. The molecule has 1 aromatic rings. The summed E-state index contributed by atoms with van der Waals surface area (Å²) in [6.45, 7) is 7.48. The van der Waals surface area contributed by atoms with Crippen molar-refractivity contribution in [2.75, 3.05) is 44.7 Å². The molecule has 1 saturated heterocycles. The number of anilines is 1. The third kappa shape index (κ3) is 3.43. The Bertz CT molecular complexity index is 377. The summed E-state index contributed by atoms with van der Waals surface area (Å²) in [6.07, 6.45) is 0. The maximum Gasteiger partial charge on any atom is 0.125 e. The number of benzene rings is 1. The lowest BCUT2D eigenvalue weighted by Crippen LogP contribution is -2.50. The molecule has 1 aromatic carbocycles. The smallest absolute Gasteiger partial charge is 0.125 e. The standard InChI is InChI=1S/C14H22FN3/c1-12(18-8-6-16-7-9-18)11-17(2)14-5-3-4-13(15)10-14/h3-5,10,12,16H,6-9,11H2,1-2H3. The molecular weight excluding hydrogens is 229 g/mol. The van der Waals surface area contributed by atoms with Gasteiger partial charge in [0.25, 0.3) is 0 Å². The van der Waals surface area contributed by atoms with E-state index >= 15 is 0 Å². The monoisotopic (exact) mass is 251 g/mol. The van der Waals surface area contributed by atoms with E-state index in [9.17, 15) is 4.39 Å². The van der Waals surface area contributed by atoms with Crippen molar-refractivity contribution in [3.63, 3.8) is 0 Å². The zero-order chi connectivity index (χ0) is 13.0. The van der Waals surface area contributed by atoms with Crippen LogP contribution in [0, 0.1) is 5.82 Å². The van der Waals surface area contributed by atoms with Gasteiger partial charge in [0.2, 0.25) is 0 Å². The topological polar surface area (TPSA) is 18.5 Å². The van der Waals surface area contributed by atoms with E-state index in [1.165, 1.54) is 6.07 Å². The Hall–Kier alpha value is -1.13. The summed E-state index contributed by atoms with van der Waals surface area (Å²) >= 11 is 0. The van der Waals surface area contributed by atoms with E-state index in [2.05, 4.69) is 22.0 Å². The highest BCUT2D eigenvalue weighted by atomic mass is 19.1. The van der Waals surface area contributed by atoms with Crippen LogP contribution in [0.3, 0.4) is 0 Å². The number of piperazine rings is 1. The van der Waals surface area contributed by atoms with Crippen LogP contribution < -0.4 is 10.2 Å². The highest BCUT2D eigenvalue weighted by Crippen LogP contribution is 2.15. The molecule has 1 atom stereocenters. The summed E-state index contributed by atoms with van der Waals surface area (Å²) in [5, 5.41) is 3.36. The van der Waals surface area contributed by atoms with Crippen molar-refractivity contribution < 1.29 is 4.39 Å². The van der Waals surface area contributed by atoms with E-state index in [1.54, 1.807) is 12.1 Å². The van der Waals surface area contributed by atoms with Crippen LogP contribution in [-0.4, -0.2) is 50.7 Å². The van der Waals surface area contributed by atoms with Crippen molar-refractivity contribution in [3.8, 4) is 0 Å². The maximum absolute atomic E-state index is 13.2. The highest BCUT2D eigenvalue weighted by Gasteiger charge is 2.17. The van der Waals surface area contributed by atoms with Crippen LogP contribution in [0.25, 0.3) is 0 Å². The Kier molecular flexibility index (Phi) is 4.55. The van der Waals surface area contributed by atoms with Crippen LogP contribution in [0.15, 0.2) is 24.3 Å². The third-order valence-electron chi connectivity index (χ3n) is 3.56. The largest absolute Gasteiger partial charge is 0.373 e. The van der Waals surface area contributed by atoms with Crippen molar-refractivity contribution in [1.29, 1.82) is 0 Å². The molecule has 1 aliphatic heterocycles. The van der Waals surface area contributed by atoms with E-state index in [4.69, 9.17) is 0 Å². The number of hydrogen-bond acceptors (Lipinski definition) is 3. The fourth-order valence-electron chi connectivity index (χ4n) is 2.45. The SMILES string of the molecule is CC(CN(C)c1cccc(F)c1)N1CCNCC1. The molecule has 1 unspecified atom stereocenters. The first-order valence-corrected chi connectivity index (χ1v) is 6.58. The van der Waals surface area contributed by atoms with Gasteiger partial charge in [-0.1, -0.05) is 6.07 Å². The minimum absolute atomic E-state index is 0.172. The van der Waals surface area contributed by atoms with Gasteiger partial charge in [0.1, 0.15) is 5.82 Å². The number of nitrogens with one attached hydrogen (secondary N) is 1. The van der Waals surface area contributed by atoms with Gasteiger partial charge in [0.15, 0.2) is 0 Å². The van der Waals surface area contributed by atoms with Crippen molar-refractivity contribution in [2.45, 2.75) is 13.0 Å². The molecule has 2 rings (SSSR count). The summed E-state index contributed by atoms with van der Waals surface area (Å²) in [5.41, 5.74) is 0.942. The molecule has 0 bridgehead atoms. The number of likely N-dealkylation sites (N-methyl/N-ethyl adjacent to an activating group) is 1. The van der Waals surface area contributed by atoms with Crippen LogP contribution in [0.5, 0.6) is 0 Å². The van der Waals surface area contributed by atoms with Gasteiger partial charge in [0.05, 0.1) is 0 Å². The molecule has 0 saturated carbocycles. The quantitative estimate of drug-likeness (QED) is 0.876. The van der Waals surface area contributed by atoms with Gasteiger partial charge >= 0.3 is 0 Å². The van der Waals surface area contributed by atoms with Crippen molar-refractivity contribution in [2.24, 2.45) is 0 Å². The summed E-state index contributed by atoms with van der Waals surface area (Å²) in [4.78, 5) is 4.60. The maximum atomic E-state index is 13.2. The summed E-state index contributed by atoms with van der Waals surface area (Å²) in [7, 11) is 2.02. The van der Waals surface area contributed by atoms with Crippen LogP contribution in [0.2, 0.25) is 0 Å². The minimum atomic E-state index is -0.172. The van der Waals surface area contributed by atoms with Gasteiger partial charge in [-0.25, -0.2) is 4.39 Å². The number of nitrogens with zero attached hydrogens (tertiary/aromatic N) is 2. The molecule has 100 valence electrons.